The van der Waals surface area contributed by atoms with Crippen LogP contribution in [0.1, 0.15) is 40.0 Å². The Hall–Kier alpha value is -1.81. The lowest BCUT2D eigenvalue weighted by atomic mass is 9.70. The van der Waals surface area contributed by atoms with Gasteiger partial charge in [-0.1, -0.05) is 79.0 Å². The van der Waals surface area contributed by atoms with Gasteiger partial charge in [0.25, 0.3) is 5.91 Å². The normalized spacial score (nSPS) is 29.7. The Labute approximate surface area is 261 Å². The number of nitrogens with zero attached hydrogens (tertiary/aromatic N) is 3. The topological polar surface area (TPSA) is 81.2 Å². The molecule has 1 aromatic rings. The average molecular weight is 667 g/mol. The van der Waals surface area contributed by atoms with Crippen molar-refractivity contribution in [3.8, 4) is 0 Å². The van der Waals surface area contributed by atoms with Crippen molar-refractivity contribution >= 4 is 62.7 Å². The fourth-order valence-corrected chi connectivity index (χ4v) is 10.8. The first-order valence-corrected chi connectivity index (χ1v) is 16.6. The number of anilines is 1. The molecular weight excluding hydrogens is 626 g/mol. The van der Waals surface area contributed by atoms with Crippen molar-refractivity contribution in [2.24, 2.45) is 17.8 Å². The van der Waals surface area contributed by atoms with Crippen molar-refractivity contribution in [3.05, 3.63) is 54.6 Å². The number of hydrogen-bond acceptors (Lipinski definition) is 5. The predicted octanol–water partition coefficient (Wildman–Crippen LogP) is 5.16. The zero-order chi connectivity index (χ0) is 30.1. The minimum Gasteiger partial charge on any atom is -0.394 e. The molecule has 0 radical (unpaired) electrons. The highest BCUT2D eigenvalue weighted by molar-refractivity contribution is 9.09. The Morgan fingerprint density at radius 2 is 1.93 bits per heavy atom. The molecule has 41 heavy (non-hydrogen) atoms. The van der Waals surface area contributed by atoms with Crippen LogP contribution in [0.15, 0.2) is 49.6 Å². The largest absolute Gasteiger partial charge is 0.394 e. The Morgan fingerprint density at radius 1 is 1.24 bits per heavy atom. The van der Waals surface area contributed by atoms with Crippen LogP contribution in [0.3, 0.4) is 0 Å². The summed E-state index contributed by atoms with van der Waals surface area (Å²) in [7, 11) is 0. The lowest BCUT2D eigenvalue weighted by Gasteiger charge is -2.41. The smallest absolute Gasteiger partial charge is 0.251 e. The number of aliphatic hydroxyl groups excluding tert-OH is 1. The lowest BCUT2D eigenvalue weighted by molar-refractivity contribution is -0.146. The van der Waals surface area contributed by atoms with Crippen molar-refractivity contribution < 1.29 is 19.5 Å². The van der Waals surface area contributed by atoms with Crippen LogP contribution in [0.25, 0.3) is 0 Å². The zero-order valence-corrected chi connectivity index (χ0v) is 27.2. The SMILES string of the molecule is C=CCN(CCC)C(=O)[C@H]1[C@H]2C(=O)N([C@@H](CO)[C@@H](C)CC)C(C(=O)N(CC=C)c3ccccc3Cl)C23CC(Br)[C@@H]1S3. The highest BCUT2D eigenvalue weighted by Crippen LogP contribution is 2.68. The minimum atomic E-state index is -0.880. The van der Waals surface area contributed by atoms with Gasteiger partial charge in [0, 0.05) is 29.7 Å². The van der Waals surface area contributed by atoms with E-state index in [1.54, 1.807) is 56.8 Å². The van der Waals surface area contributed by atoms with Gasteiger partial charge in [0.15, 0.2) is 0 Å². The van der Waals surface area contributed by atoms with Crippen LogP contribution in [-0.4, -0.2) is 85.8 Å². The van der Waals surface area contributed by atoms with Gasteiger partial charge in [-0.05, 0) is 30.9 Å². The standard InChI is InChI=1S/C31H41BrClN3O4S/c1-6-14-34(15-7-2)28(38)24-25-29(39)36(23(18-37)19(5)9-4)27(31(25)17-20(32)26(24)41-31)30(40)35(16-8-3)22-13-11-10-12-21(22)33/h6,8,10-13,19-20,23-27,37H,1,3,7,9,14-18H2,2,4-5H3/t19-,20?,23-,24-,25-,26-,27?,31?/m0/s1. The van der Waals surface area contributed by atoms with Crippen molar-refractivity contribution in [2.45, 2.75) is 66.9 Å². The van der Waals surface area contributed by atoms with Crippen LogP contribution < -0.4 is 4.90 Å². The molecular formula is C31H41BrClN3O4S. The van der Waals surface area contributed by atoms with Crippen molar-refractivity contribution in [3.63, 3.8) is 0 Å². The third-order valence-electron chi connectivity index (χ3n) is 8.97. The molecule has 7 nitrogen and oxygen atoms in total. The van der Waals surface area contributed by atoms with E-state index in [1.807, 2.05) is 26.8 Å². The zero-order valence-electron chi connectivity index (χ0n) is 24.0. The second-order valence-electron chi connectivity index (χ2n) is 11.3. The molecule has 2 bridgehead atoms. The summed E-state index contributed by atoms with van der Waals surface area (Å²) < 4.78 is -0.832. The monoisotopic (exact) mass is 665 g/mol. The van der Waals surface area contributed by atoms with Crippen LogP contribution in [0.2, 0.25) is 5.02 Å². The number of thioether (sulfide) groups is 1. The van der Waals surface area contributed by atoms with Crippen LogP contribution in [0, 0.1) is 17.8 Å². The molecule has 0 aliphatic carbocycles. The van der Waals surface area contributed by atoms with Crippen molar-refractivity contribution in [1.82, 2.24) is 9.80 Å². The number of halogens is 2. The maximum absolute atomic E-state index is 14.8. The summed E-state index contributed by atoms with van der Waals surface area (Å²) in [5, 5.41) is 10.9. The third-order valence-corrected chi connectivity index (χ3v) is 12.5. The van der Waals surface area contributed by atoms with E-state index in [9.17, 15) is 19.5 Å². The first-order valence-electron chi connectivity index (χ1n) is 14.4. The number of benzene rings is 1. The molecule has 3 aliphatic heterocycles. The Balaban J connectivity index is 1.88. The summed E-state index contributed by atoms with van der Waals surface area (Å²) in [6, 6.07) is 5.69. The number of likely N-dealkylation sites (tertiary alicyclic amines) is 1. The van der Waals surface area contributed by atoms with Crippen LogP contribution in [-0.2, 0) is 14.4 Å². The van der Waals surface area contributed by atoms with Gasteiger partial charge in [-0.2, -0.15) is 0 Å². The Kier molecular flexibility index (Phi) is 10.4. The van der Waals surface area contributed by atoms with Crippen LogP contribution in [0.5, 0.6) is 0 Å². The molecule has 1 N–H and O–H groups in total. The van der Waals surface area contributed by atoms with E-state index in [1.165, 1.54) is 0 Å². The summed E-state index contributed by atoms with van der Waals surface area (Å²) in [5.41, 5.74) is 0.538. The molecule has 224 valence electrons. The summed E-state index contributed by atoms with van der Waals surface area (Å²) in [5.74, 6) is -1.87. The first-order chi connectivity index (χ1) is 19.6. The molecule has 4 rings (SSSR count). The number of hydrogen-bond donors (Lipinski definition) is 1. The van der Waals surface area contributed by atoms with E-state index in [-0.39, 0.29) is 46.9 Å². The maximum Gasteiger partial charge on any atom is 0.251 e. The first kappa shape index (κ1) is 32.1. The molecule has 3 aliphatic rings. The van der Waals surface area contributed by atoms with Gasteiger partial charge in [-0.3, -0.25) is 14.4 Å². The number of carbonyl (C=O) groups is 3. The molecule has 3 heterocycles. The molecule has 0 saturated carbocycles. The molecule has 0 aromatic heterocycles. The van der Waals surface area contributed by atoms with E-state index < -0.39 is 28.7 Å². The fraction of sp³-hybridized carbons (Fsp3) is 0.581. The number of para-hydroxylation sites is 1. The van der Waals surface area contributed by atoms with Gasteiger partial charge < -0.3 is 19.8 Å². The number of rotatable bonds is 13. The third kappa shape index (κ3) is 5.41. The summed E-state index contributed by atoms with van der Waals surface area (Å²) >= 11 is 12.0. The predicted molar refractivity (Wildman–Crippen MR) is 170 cm³/mol. The van der Waals surface area contributed by atoms with Gasteiger partial charge in [0.1, 0.15) is 6.04 Å². The van der Waals surface area contributed by atoms with Crippen molar-refractivity contribution in [1.29, 1.82) is 0 Å². The summed E-state index contributed by atoms with van der Waals surface area (Å²) in [6.07, 6.45) is 5.43. The molecule has 8 atom stereocenters. The van der Waals surface area contributed by atoms with Gasteiger partial charge in [-0.15, -0.1) is 24.9 Å². The van der Waals surface area contributed by atoms with Crippen LogP contribution >= 0.6 is 39.3 Å². The molecule has 1 spiro atoms. The molecule has 3 fully saturated rings. The number of alkyl halides is 1. The highest BCUT2D eigenvalue weighted by Gasteiger charge is 2.76. The van der Waals surface area contributed by atoms with Gasteiger partial charge >= 0.3 is 0 Å². The van der Waals surface area contributed by atoms with Gasteiger partial charge in [0.2, 0.25) is 11.8 Å². The molecule has 10 heteroatoms. The summed E-state index contributed by atoms with van der Waals surface area (Å²) in [6.45, 7) is 14.6. The highest BCUT2D eigenvalue weighted by atomic mass is 79.9. The fourth-order valence-electron chi connectivity index (χ4n) is 6.98. The van der Waals surface area contributed by atoms with Gasteiger partial charge in [-0.25, -0.2) is 0 Å². The number of carbonyl (C=O) groups excluding carboxylic acids is 3. The lowest BCUT2D eigenvalue weighted by Crippen LogP contribution is -2.59. The van der Waals surface area contributed by atoms with E-state index >= 15 is 0 Å². The second kappa shape index (κ2) is 13.2. The number of fused-ring (bicyclic) bond motifs is 1. The Morgan fingerprint density at radius 3 is 2.51 bits per heavy atom. The van der Waals surface area contributed by atoms with E-state index in [0.717, 1.165) is 12.8 Å². The molecule has 3 amide bonds. The molecule has 3 saturated heterocycles. The Bertz CT molecular complexity index is 1190. The van der Waals surface area contributed by atoms with Crippen molar-refractivity contribution in [2.75, 3.05) is 31.1 Å². The minimum absolute atomic E-state index is 0.0442. The number of amides is 3. The maximum atomic E-state index is 14.8. The van der Waals surface area contributed by atoms with Crippen LogP contribution in [0.4, 0.5) is 5.69 Å². The van der Waals surface area contributed by atoms with E-state index in [0.29, 0.717) is 30.2 Å². The average Bonchev–Trinajstić information content (AvgIpc) is 3.55. The van der Waals surface area contributed by atoms with E-state index in [2.05, 4.69) is 29.1 Å². The van der Waals surface area contributed by atoms with E-state index in [4.69, 9.17) is 11.6 Å². The summed E-state index contributed by atoms with van der Waals surface area (Å²) in [4.78, 5) is 48.6. The van der Waals surface area contributed by atoms with Gasteiger partial charge in [0.05, 0.1) is 39.9 Å². The molecule has 3 unspecified atom stereocenters. The number of aliphatic hydroxyl groups is 1. The molecule has 1 aromatic carbocycles. The quantitative estimate of drug-likeness (QED) is 0.233. The second-order valence-corrected chi connectivity index (χ2v) is 14.4.